The molecule has 138 valence electrons. The highest BCUT2D eigenvalue weighted by molar-refractivity contribution is 5.94. The van der Waals surface area contributed by atoms with E-state index in [2.05, 4.69) is 19.1 Å². The van der Waals surface area contributed by atoms with E-state index in [0.29, 0.717) is 24.4 Å². The summed E-state index contributed by atoms with van der Waals surface area (Å²) in [4.78, 5) is 25.4. The number of ether oxygens (including phenoxy) is 1. The predicted octanol–water partition coefficient (Wildman–Crippen LogP) is 3.81. The van der Waals surface area contributed by atoms with Crippen LogP contribution in [0.3, 0.4) is 0 Å². The van der Waals surface area contributed by atoms with Crippen LogP contribution in [0.5, 0.6) is 5.75 Å². The quantitative estimate of drug-likeness (QED) is 0.743. The third kappa shape index (κ3) is 5.34. The van der Waals surface area contributed by atoms with Crippen LogP contribution in [-0.2, 0) is 4.79 Å². The molecule has 0 spiro atoms. The van der Waals surface area contributed by atoms with Gasteiger partial charge in [-0.15, -0.1) is 0 Å². The van der Waals surface area contributed by atoms with Gasteiger partial charge in [-0.3, -0.25) is 4.79 Å². The van der Waals surface area contributed by atoms with Gasteiger partial charge >= 0.3 is 5.97 Å². The molecule has 1 unspecified atom stereocenters. The van der Waals surface area contributed by atoms with E-state index in [1.807, 2.05) is 30.0 Å². The van der Waals surface area contributed by atoms with Gasteiger partial charge in [-0.05, 0) is 37.1 Å². The van der Waals surface area contributed by atoms with Crippen LogP contribution >= 0.6 is 0 Å². The first-order valence-corrected chi connectivity index (χ1v) is 8.84. The molecule has 5 nitrogen and oxygen atoms in total. The first-order chi connectivity index (χ1) is 12.5. The summed E-state index contributed by atoms with van der Waals surface area (Å²) >= 11 is 0. The number of aliphatic carboxylic acids is 1. The van der Waals surface area contributed by atoms with Crippen molar-refractivity contribution in [3.05, 3.63) is 65.7 Å². The molecule has 2 rings (SSSR count). The first-order valence-electron chi connectivity index (χ1n) is 8.84. The standard InChI is InChI=1S/C21H25NO4/c1-3-16(17-9-6-5-7-10-17)14-22(4-2)21(25)18-11-8-12-19(13-18)26-15-20(23)24/h5-13,16H,3-4,14-15H2,1-2H3,(H,23,24). The van der Waals surface area contributed by atoms with E-state index in [4.69, 9.17) is 9.84 Å². The molecule has 0 saturated heterocycles. The van der Waals surface area contributed by atoms with Crippen molar-refractivity contribution in [2.75, 3.05) is 19.7 Å². The normalized spacial score (nSPS) is 11.6. The van der Waals surface area contributed by atoms with Gasteiger partial charge in [0.2, 0.25) is 0 Å². The molecular weight excluding hydrogens is 330 g/mol. The Labute approximate surface area is 154 Å². The summed E-state index contributed by atoms with van der Waals surface area (Å²) in [6.45, 7) is 4.89. The van der Waals surface area contributed by atoms with Crippen molar-refractivity contribution < 1.29 is 19.4 Å². The Bertz CT molecular complexity index is 730. The predicted molar refractivity (Wildman–Crippen MR) is 101 cm³/mol. The van der Waals surface area contributed by atoms with Gasteiger partial charge in [0.05, 0.1) is 0 Å². The van der Waals surface area contributed by atoms with E-state index in [-0.39, 0.29) is 11.8 Å². The highest BCUT2D eigenvalue weighted by Crippen LogP contribution is 2.22. The molecule has 1 amide bonds. The van der Waals surface area contributed by atoms with Crippen molar-refractivity contribution in [2.24, 2.45) is 0 Å². The molecule has 0 bridgehead atoms. The third-order valence-electron chi connectivity index (χ3n) is 4.32. The molecule has 2 aromatic rings. The highest BCUT2D eigenvalue weighted by atomic mass is 16.5. The smallest absolute Gasteiger partial charge is 0.341 e. The number of hydrogen-bond acceptors (Lipinski definition) is 3. The molecule has 0 saturated carbocycles. The van der Waals surface area contributed by atoms with Crippen molar-refractivity contribution in [3.8, 4) is 5.75 Å². The van der Waals surface area contributed by atoms with Gasteiger partial charge in [0.1, 0.15) is 5.75 Å². The topological polar surface area (TPSA) is 66.8 Å². The van der Waals surface area contributed by atoms with Crippen LogP contribution in [-0.4, -0.2) is 41.6 Å². The van der Waals surface area contributed by atoms with Crippen molar-refractivity contribution in [1.29, 1.82) is 0 Å². The van der Waals surface area contributed by atoms with Crippen LogP contribution in [0.15, 0.2) is 54.6 Å². The minimum atomic E-state index is -1.05. The molecule has 0 heterocycles. The van der Waals surface area contributed by atoms with Crippen LogP contribution in [0.4, 0.5) is 0 Å². The Balaban J connectivity index is 2.12. The second-order valence-corrected chi connectivity index (χ2v) is 6.07. The zero-order valence-corrected chi connectivity index (χ0v) is 15.2. The number of hydrogen-bond donors (Lipinski definition) is 1. The molecule has 26 heavy (non-hydrogen) atoms. The SMILES string of the molecule is CCC(CN(CC)C(=O)c1cccc(OCC(=O)O)c1)c1ccccc1. The average Bonchev–Trinajstić information content (AvgIpc) is 2.68. The Kier molecular flexibility index (Phi) is 7.21. The maximum absolute atomic E-state index is 12.9. The van der Waals surface area contributed by atoms with Gasteiger partial charge < -0.3 is 14.7 Å². The summed E-state index contributed by atoms with van der Waals surface area (Å²) in [5.41, 5.74) is 1.72. The Morgan fingerprint density at radius 1 is 1.08 bits per heavy atom. The summed E-state index contributed by atoms with van der Waals surface area (Å²) < 4.78 is 5.17. The van der Waals surface area contributed by atoms with E-state index in [9.17, 15) is 9.59 Å². The third-order valence-corrected chi connectivity index (χ3v) is 4.32. The number of benzene rings is 2. The van der Waals surface area contributed by atoms with Gasteiger partial charge in [-0.1, -0.05) is 43.3 Å². The molecule has 0 aliphatic rings. The minimum absolute atomic E-state index is 0.0809. The van der Waals surface area contributed by atoms with Crippen molar-refractivity contribution in [1.82, 2.24) is 4.90 Å². The van der Waals surface area contributed by atoms with Gasteiger partial charge in [0.25, 0.3) is 5.91 Å². The lowest BCUT2D eigenvalue weighted by molar-refractivity contribution is -0.139. The molecule has 0 aromatic heterocycles. The number of amides is 1. The number of carboxylic acids is 1. The number of nitrogens with zero attached hydrogens (tertiary/aromatic N) is 1. The zero-order chi connectivity index (χ0) is 18.9. The second-order valence-electron chi connectivity index (χ2n) is 6.07. The van der Waals surface area contributed by atoms with E-state index >= 15 is 0 Å². The minimum Gasteiger partial charge on any atom is -0.482 e. The summed E-state index contributed by atoms with van der Waals surface area (Å²) in [7, 11) is 0. The molecule has 0 fully saturated rings. The van der Waals surface area contributed by atoms with E-state index in [1.165, 1.54) is 5.56 Å². The maximum atomic E-state index is 12.9. The van der Waals surface area contributed by atoms with E-state index < -0.39 is 12.6 Å². The molecule has 0 aliphatic carbocycles. The van der Waals surface area contributed by atoms with Gasteiger partial charge in [0, 0.05) is 24.6 Å². The summed E-state index contributed by atoms with van der Waals surface area (Å²) in [6, 6.07) is 16.9. The summed E-state index contributed by atoms with van der Waals surface area (Å²) in [6.07, 6.45) is 0.940. The number of carboxylic acid groups (broad SMARTS) is 1. The number of likely N-dealkylation sites (N-methyl/N-ethyl adjacent to an activating group) is 1. The van der Waals surface area contributed by atoms with Crippen LogP contribution in [0.25, 0.3) is 0 Å². The molecule has 0 aliphatic heterocycles. The van der Waals surface area contributed by atoms with Crippen LogP contribution in [0, 0.1) is 0 Å². The Morgan fingerprint density at radius 3 is 2.42 bits per heavy atom. The largest absolute Gasteiger partial charge is 0.482 e. The number of carbonyl (C=O) groups excluding carboxylic acids is 1. The van der Waals surface area contributed by atoms with E-state index in [1.54, 1.807) is 24.3 Å². The second kappa shape index (κ2) is 9.61. The fourth-order valence-corrected chi connectivity index (χ4v) is 2.86. The van der Waals surface area contributed by atoms with Gasteiger partial charge in [-0.2, -0.15) is 0 Å². The molecule has 0 radical (unpaired) electrons. The fraction of sp³-hybridized carbons (Fsp3) is 0.333. The lowest BCUT2D eigenvalue weighted by Gasteiger charge is -2.26. The Hall–Kier alpha value is -2.82. The van der Waals surface area contributed by atoms with Crippen LogP contribution in [0.2, 0.25) is 0 Å². The zero-order valence-electron chi connectivity index (χ0n) is 15.2. The summed E-state index contributed by atoms with van der Waals surface area (Å²) in [5, 5.41) is 8.71. The van der Waals surface area contributed by atoms with Gasteiger partial charge in [-0.25, -0.2) is 4.79 Å². The number of carbonyl (C=O) groups is 2. The highest BCUT2D eigenvalue weighted by Gasteiger charge is 2.19. The molecule has 5 heteroatoms. The lowest BCUT2D eigenvalue weighted by Crippen LogP contribution is -2.34. The molecular formula is C21H25NO4. The van der Waals surface area contributed by atoms with Gasteiger partial charge in [0.15, 0.2) is 6.61 Å². The van der Waals surface area contributed by atoms with Crippen LogP contribution in [0.1, 0.15) is 42.1 Å². The molecule has 2 aromatic carbocycles. The van der Waals surface area contributed by atoms with Crippen molar-refractivity contribution in [3.63, 3.8) is 0 Å². The van der Waals surface area contributed by atoms with Crippen LogP contribution < -0.4 is 4.74 Å². The lowest BCUT2D eigenvalue weighted by atomic mass is 9.95. The van der Waals surface area contributed by atoms with Crippen molar-refractivity contribution in [2.45, 2.75) is 26.2 Å². The fourth-order valence-electron chi connectivity index (χ4n) is 2.86. The maximum Gasteiger partial charge on any atom is 0.341 e. The molecule has 1 atom stereocenters. The monoisotopic (exact) mass is 355 g/mol. The Morgan fingerprint density at radius 2 is 1.81 bits per heavy atom. The van der Waals surface area contributed by atoms with Crippen molar-refractivity contribution >= 4 is 11.9 Å². The number of rotatable bonds is 9. The molecule has 1 N–H and O–H groups in total. The summed E-state index contributed by atoms with van der Waals surface area (Å²) in [5.74, 6) is -0.482. The average molecular weight is 355 g/mol. The van der Waals surface area contributed by atoms with E-state index in [0.717, 1.165) is 6.42 Å². The first kappa shape index (κ1) is 19.5.